The zero-order valence-corrected chi connectivity index (χ0v) is 11.6. The van der Waals surface area contributed by atoms with Gasteiger partial charge in [-0.25, -0.2) is 4.98 Å². The first kappa shape index (κ1) is 12.4. The number of thiazole rings is 1. The summed E-state index contributed by atoms with van der Waals surface area (Å²) >= 11 is 3.34. The van der Waals surface area contributed by atoms with Gasteiger partial charge in [0.15, 0.2) is 4.34 Å². The molecule has 1 aromatic carbocycles. The molecule has 96 valence electrons. The van der Waals surface area contributed by atoms with Crippen molar-refractivity contribution < 1.29 is 5.11 Å². The number of fused-ring (bicyclic) bond motifs is 1. The third kappa shape index (κ3) is 3.23. The van der Waals surface area contributed by atoms with Crippen molar-refractivity contribution in [3.05, 3.63) is 24.3 Å². The van der Waals surface area contributed by atoms with Gasteiger partial charge in [-0.15, -0.1) is 11.3 Å². The van der Waals surface area contributed by atoms with Crippen LogP contribution in [0.15, 0.2) is 28.6 Å². The lowest BCUT2D eigenvalue weighted by molar-refractivity contribution is 0.195. The Morgan fingerprint density at radius 3 is 3.06 bits per heavy atom. The molecular weight excluding hydrogens is 264 g/mol. The van der Waals surface area contributed by atoms with Gasteiger partial charge >= 0.3 is 0 Å². The summed E-state index contributed by atoms with van der Waals surface area (Å²) in [5, 5.41) is 13.2. The van der Waals surface area contributed by atoms with Gasteiger partial charge in [0, 0.05) is 18.3 Å². The molecule has 1 heterocycles. The minimum atomic E-state index is -0.289. The minimum Gasteiger partial charge on any atom is -0.391 e. The van der Waals surface area contributed by atoms with Crippen LogP contribution >= 0.6 is 23.1 Å². The molecule has 1 fully saturated rings. The molecule has 3 rings (SSSR count). The van der Waals surface area contributed by atoms with Crippen LogP contribution in [-0.4, -0.2) is 34.5 Å². The van der Waals surface area contributed by atoms with E-state index in [1.807, 2.05) is 18.2 Å². The molecule has 1 aliphatic rings. The number of rotatable bonds is 6. The van der Waals surface area contributed by atoms with Crippen molar-refractivity contribution in [2.45, 2.75) is 29.3 Å². The molecular formula is C13H16N2OS2. The molecule has 0 saturated heterocycles. The van der Waals surface area contributed by atoms with Crippen LogP contribution in [0, 0.1) is 0 Å². The van der Waals surface area contributed by atoms with Gasteiger partial charge in [0.1, 0.15) is 0 Å². The average molecular weight is 280 g/mol. The molecule has 0 aliphatic heterocycles. The second kappa shape index (κ2) is 5.57. The van der Waals surface area contributed by atoms with Crippen molar-refractivity contribution in [2.24, 2.45) is 0 Å². The predicted molar refractivity (Wildman–Crippen MR) is 77.4 cm³/mol. The zero-order valence-electron chi connectivity index (χ0n) is 10.0. The molecule has 1 atom stereocenters. The normalized spacial score (nSPS) is 17.2. The highest BCUT2D eigenvalue weighted by atomic mass is 32.2. The topological polar surface area (TPSA) is 45.1 Å². The Hall–Kier alpha value is -0.620. The first-order valence-corrected chi connectivity index (χ1v) is 8.01. The molecule has 18 heavy (non-hydrogen) atoms. The molecule has 0 amide bonds. The van der Waals surface area contributed by atoms with Crippen molar-refractivity contribution in [1.29, 1.82) is 0 Å². The van der Waals surface area contributed by atoms with Gasteiger partial charge < -0.3 is 10.4 Å². The standard InChI is InChI=1S/C13H16N2OS2/c16-10(7-14-9-5-6-9)8-17-13-15-11-3-1-2-4-12(11)18-13/h1-4,9-10,14,16H,5-8H2. The number of nitrogens with one attached hydrogen (secondary N) is 1. The second-order valence-electron chi connectivity index (χ2n) is 4.59. The van der Waals surface area contributed by atoms with Gasteiger partial charge in [0.25, 0.3) is 0 Å². The number of thioether (sulfide) groups is 1. The van der Waals surface area contributed by atoms with Crippen molar-refractivity contribution in [3.8, 4) is 0 Å². The molecule has 0 spiro atoms. The quantitative estimate of drug-likeness (QED) is 0.798. The van der Waals surface area contributed by atoms with E-state index >= 15 is 0 Å². The number of aromatic nitrogens is 1. The van der Waals surface area contributed by atoms with Crippen LogP contribution in [0.3, 0.4) is 0 Å². The summed E-state index contributed by atoms with van der Waals surface area (Å²) in [5.74, 6) is 0.708. The lowest BCUT2D eigenvalue weighted by atomic mass is 10.3. The predicted octanol–water partition coefficient (Wildman–Crippen LogP) is 2.50. The van der Waals surface area contributed by atoms with E-state index < -0.39 is 0 Å². The Balaban J connectivity index is 1.51. The maximum absolute atomic E-state index is 9.86. The lowest BCUT2D eigenvalue weighted by Crippen LogP contribution is -2.29. The highest BCUT2D eigenvalue weighted by Crippen LogP contribution is 2.29. The van der Waals surface area contributed by atoms with Crippen LogP contribution in [0.5, 0.6) is 0 Å². The molecule has 1 unspecified atom stereocenters. The van der Waals surface area contributed by atoms with Crippen molar-refractivity contribution in [1.82, 2.24) is 10.3 Å². The van der Waals surface area contributed by atoms with Gasteiger partial charge in [0.05, 0.1) is 16.3 Å². The molecule has 1 aliphatic carbocycles. The largest absolute Gasteiger partial charge is 0.391 e. The Kier molecular flexibility index (Phi) is 3.84. The van der Waals surface area contributed by atoms with Crippen LogP contribution in [0.2, 0.25) is 0 Å². The highest BCUT2D eigenvalue weighted by molar-refractivity contribution is 8.01. The van der Waals surface area contributed by atoms with E-state index in [1.165, 1.54) is 17.5 Å². The van der Waals surface area contributed by atoms with Gasteiger partial charge in [-0.2, -0.15) is 0 Å². The summed E-state index contributed by atoms with van der Waals surface area (Å²) in [4.78, 5) is 4.54. The third-order valence-electron chi connectivity index (χ3n) is 2.89. The Labute approximate surface area is 115 Å². The molecule has 2 N–H and O–H groups in total. The van der Waals surface area contributed by atoms with Crippen molar-refractivity contribution >= 4 is 33.3 Å². The van der Waals surface area contributed by atoms with Crippen LogP contribution in [-0.2, 0) is 0 Å². The monoisotopic (exact) mass is 280 g/mol. The van der Waals surface area contributed by atoms with Crippen LogP contribution in [0.25, 0.3) is 10.2 Å². The SMILES string of the molecule is OC(CNC1CC1)CSc1nc2ccccc2s1. The van der Waals surface area contributed by atoms with E-state index in [1.54, 1.807) is 23.1 Å². The molecule has 3 nitrogen and oxygen atoms in total. The first-order chi connectivity index (χ1) is 8.81. The zero-order chi connectivity index (χ0) is 12.4. The van der Waals surface area contributed by atoms with Gasteiger partial charge in [-0.1, -0.05) is 23.9 Å². The number of nitrogens with zero attached hydrogens (tertiary/aromatic N) is 1. The lowest BCUT2D eigenvalue weighted by Gasteiger charge is -2.09. The molecule has 5 heteroatoms. The van der Waals surface area contributed by atoms with E-state index in [9.17, 15) is 5.11 Å². The number of hydrogen-bond acceptors (Lipinski definition) is 5. The third-order valence-corrected chi connectivity index (χ3v) is 5.22. The minimum absolute atomic E-state index is 0.289. The molecule has 0 bridgehead atoms. The first-order valence-electron chi connectivity index (χ1n) is 6.21. The van der Waals surface area contributed by atoms with Crippen molar-refractivity contribution in [2.75, 3.05) is 12.3 Å². The Morgan fingerprint density at radius 1 is 1.44 bits per heavy atom. The summed E-state index contributed by atoms with van der Waals surface area (Å²) in [6.07, 6.45) is 2.23. The fourth-order valence-corrected chi connectivity index (χ4v) is 3.75. The summed E-state index contributed by atoms with van der Waals surface area (Å²) in [7, 11) is 0. The molecule has 0 radical (unpaired) electrons. The van der Waals surface area contributed by atoms with Gasteiger partial charge in [0.2, 0.25) is 0 Å². The van der Waals surface area contributed by atoms with E-state index in [2.05, 4.69) is 16.4 Å². The molecule has 2 aromatic rings. The average Bonchev–Trinajstić information content (AvgIpc) is 3.11. The molecule has 1 aromatic heterocycles. The maximum atomic E-state index is 9.86. The second-order valence-corrected chi connectivity index (χ2v) is 6.89. The summed E-state index contributed by atoms with van der Waals surface area (Å²) < 4.78 is 2.26. The van der Waals surface area contributed by atoms with E-state index in [0.717, 1.165) is 9.86 Å². The smallest absolute Gasteiger partial charge is 0.151 e. The Bertz CT molecular complexity index is 491. The number of aliphatic hydroxyl groups excluding tert-OH is 1. The number of para-hydroxylation sites is 1. The van der Waals surface area contributed by atoms with Gasteiger partial charge in [-0.3, -0.25) is 0 Å². The van der Waals surface area contributed by atoms with Crippen LogP contribution in [0.1, 0.15) is 12.8 Å². The summed E-state index contributed by atoms with van der Waals surface area (Å²) in [5.41, 5.74) is 1.05. The Morgan fingerprint density at radius 2 is 2.28 bits per heavy atom. The number of aliphatic hydroxyl groups is 1. The van der Waals surface area contributed by atoms with E-state index in [-0.39, 0.29) is 6.10 Å². The van der Waals surface area contributed by atoms with Crippen molar-refractivity contribution in [3.63, 3.8) is 0 Å². The number of benzene rings is 1. The number of hydrogen-bond donors (Lipinski definition) is 2. The van der Waals surface area contributed by atoms with Gasteiger partial charge in [-0.05, 0) is 25.0 Å². The maximum Gasteiger partial charge on any atom is 0.151 e. The summed E-state index contributed by atoms with van der Waals surface area (Å²) in [6.45, 7) is 0.697. The molecule has 1 saturated carbocycles. The van der Waals surface area contributed by atoms with E-state index in [4.69, 9.17) is 0 Å². The fourth-order valence-electron chi connectivity index (χ4n) is 1.73. The van der Waals surface area contributed by atoms with Crippen LogP contribution < -0.4 is 5.32 Å². The fraction of sp³-hybridized carbons (Fsp3) is 0.462. The summed E-state index contributed by atoms with van der Waals surface area (Å²) in [6, 6.07) is 8.81. The highest BCUT2D eigenvalue weighted by Gasteiger charge is 2.21. The van der Waals surface area contributed by atoms with E-state index in [0.29, 0.717) is 18.3 Å². The van der Waals surface area contributed by atoms with Crippen LogP contribution in [0.4, 0.5) is 0 Å².